The molecule has 2 aliphatic heterocycles. The number of hydrogen-bond acceptors (Lipinski definition) is 3. The Morgan fingerprint density at radius 1 is 1.16 bits per heavy atom. The van der Waals surface area contributed by atoms with E-state index in [2.05, 4.69) is 12.2 Å². The summed E-state index contributed by atoms with van der Waals surface area (Å²) < 4.78 is 0. The number of amides is 2. The first kappa shape index (κ1) is 13.1. The van der Waals surface area contributed by atoms with E-state index in [1.165, 1.54) is 12.8 Å². The molecule has 1 N–H and O–H groups in total. The van der Waals surface area contributed by atoms with Crippen LogP contribution in [0.2, 0.25) is 0 Å². The van der Waals surface area contributed by atoms with Crippen molar-refractivity contribution in [3.63, 3.8) is 0 Å². The molecule has 3 aliphatic rings. The van der Waals surface area contributed by atoms with Crippen molar-refractivity contribution in [2.75, 3.05) is 13.1 Å². The topological polar surface area (TPSA) is 49.4 Å². The van der Waals surface area contributed by atoms with Crippen molar-refractivity contribution in [2.24, 2.45) is 11.3 Å². The number of nitrogens with zero attached hydrogens (tertiary/aromatic N) is 1. The lowest BCUT2D eigenvalue weighted by Gasteiger charge is -2.44. The monoisotopic (exact) mass is 264 g/mol. The van der Waals surface area contributed by atoms with Crippen LogP contribution in [-0.2, 0) is 9.59 Å². The highest BCUT2D eigenvalue weighted by Gasteiger charge is 2.47. The molecule has 0 radical (unpaired) electrons. The zero-order valence-corrected chi connectivity index (χ0v) is 11.8. The normalized spacial score (nSPS) is 35.1. The third-order valence-electron chi connectivity index (χ3n) is 5.37. The van der Waals surface area contributed by atoms with E-state index < -0.39 is 0 Å². The molecular formula is C15H24N2O2. The van der Waals surface area contributed by atoms with Crippen molar-refractivity contribution < 1.29 is 9.59 Å². The SMILES string of the molecule is CC1CCNCC1N1C(=O)CC2(CCCC2)CC1=O. The lowest BCUT2D eigenvalue weighted by molar-refractivity contribution is -0.158. The van der Waals surface area contributed by atoms with Gasteiger partial charge < -0.3 is 5.32 Å². The molecule has 0 aromatic rings. The van der Waals surface area contributed by atoms with Gasteiger partial charge in [0.1, 0.15) is 0 Å². The molecule has 2 amide bonds. The Morgan fingerprint density at radius 2 is 1.79 bits per heavy atom. The molecule has 3 rings (SSSR count). The highest BCUT2D eigenvalue weighted by molar-refractivity contribution is 5.99. The summed E-state index contributed by atoms with van der Waals surface area (Å²) in [6.45, 7) is 3.93. The van der Waals surface area contributed by atoms with Gasteiger partial charge in [-0.3, -0.25) is 14.5 Å². The molecule has 1 aliphatic carbocycles. The van der Waals surface area contributed by atoms with Crippen LogP contribution in [-0.4, -0.2) is 35.8 Å². The van der Waals surface area contributed by atoms with Gasteiger partial charge in [0.25, 0.3) is 0 Å². The largest absolute Gasteiger partial charge is 0.315 e. The maximum atomic E-state index is 12.5. The van der Waals surface area contributed by atoms with Crippen molar-refractivity contribution in [3.05, 3.63) is 0 Å². The van der Waals surface area contributed by atoms with Gasteiger partial charge in [-0.1, -0.05) is 19.8 Å². The Labute approximate surface area is 114 Å². The Morgan fingerprint density at radius 3 is 2.37 bits per heavy atom. The van der Waals surface area contributed by atoms with Crippen LogP contribution in [0.3, 0.4) is 0 Å². The van der Waals surface area contributed by atoms with Gasteiger partial charge in [0.05, 0.1) is 6.04 Å². The van der Waals surface area contributed by atoms with Crippen LogP contribution in [0.1, 0.15) is 51.9 Å². The maximum Gasteiger partial charge on any atom is 0.230 e. The Bertz CT molecular complexity index is 368. The molecule has 0 aromatic heterocycles. The predicted octanol–water partition coefficient (Wildman–Crippen LogP) is 1.69. The highest BCUT2D eigenvalue weighted by Crippen LogP contribution is 2.47. The summed E-state index contributed by atoms with van der Waals surface area (Å²) in [5.74, 6) is 0.587. The molecule has 2 saturated heterocycles. The van der Waals surface area contributed by atoms with Crippen molar-refractivity contribution in [1.29, 1.82) is 0 Å². The van der Waals surface area contributed by atoms with Gasteiger partial charge in [-0.25, -0.2) is 0 Å². The Kier molecular flexibility index (Phi) is 3.37. The average molecular weight is 264 g/mol. The molecule has 2 heterocycles. The van der Waals surface area contributed by atoms with Crippen LogP contribution in [0.5, 0.6) is 0 Å². The Balaban J connectivity index is 1.76. The van der Waals surface area contributed by atoms with E-state index in [0.29, 0.717) is 18.8 Å². The summed E-state index contributed by atoms with van der Waals surface area (Å²) in [6.07, 6.45) is 6.74. The van der Waals surface area contributed by atoms with E-state index in [0.717, 1.165) is 32.4 Å². The van der Waals surface area contributed by atoms with Crippen LogP contribution in [0, 0.1) is 11.3 Å². The molecule has 2 unspecified atom stereocenters. The standard InChI is InChI=1S/C15H24N2O2/c1-11-4-7-16-10-12(11)17-13(18)8-15(9-14(17)19)5-2-3-6-15/h11-12,16H,2-10H2,1H3. The van der Waals surface area contributed by atoms with E-state index in [1.54, 1.807) is 4.90 Å². The van der Waals surface area contributed by atoms with Crippen LogP contribution in [0.25, 0.3) is 0 Å². The molecule has 3 fully saturated rings. The Hall–Kier alpha value is -0.900. The molecular weight excluding hydrogens is 240 g/mol. The second-order valence-corrected chi connectivity index (χ2v) is 6.76. The summed E-state index contributed by atoms with van der Waals surface area (Å²) >= 11 is 0. The third kappa shape index (κ3) is 2.31. The second-order valence-electron chi connectivity index (χ2n) is 6.76. The van der Waals surface area contributed by atoms with Gasteiger partial charge in [-0.2, -0.15) is 0 Å². The van der Waals surface area contributed by atoms with Gasteiger partial charge in [0, 0.05) is 19.4 Å². The van der Waals surface area contributed by atoms with Gasteiger partial charge in [-0.05, 0) is 37.1 Å². The first-order chi connectivity index (χ1) is 9.11. The summed E-state index contributed by atoms with van der Waals surface area (Å²) in [6, 6.07) is 0.0764. The molecule has 0 bridgehead atoms. The predicted molar refractivity (Wildman–Crippen MR) is 72.4 cm³/mol. The highest BCUT2D eigenvalue weighted by atomic mass is 16.2. The van der Waals surface area contributed by atoms with E-state index in [9.17, 15) is 9.59 Å². The van der Waals surface area contributed by atoms with E-state index in [-0.39, 0.29) is 23.3 Å². The molecule has 4 heteroatoms. The summed E-state index contributed by atoms with van der Waals surface area (Å²) in [7, 11) is 0. The summed E-state index contributed by atoms with van der Waals surface area (Å²) in [5, 5.41) is 3.32. The van der Waals surface area contributed by atoms with Gasteiger partial charge in [-0.15, -0.1) is 0 Å². The van der Waals surface area contributed by atoms with Crippen molar-refractivity contribution in [1.82, 2.24) is 10.2 Å². The van der Waals surface area contributed by atoms with E-state index in [4.69, 9.17) is 0 Å². The zero-order valence-electron chi connectivity index (χ0n) is 11.8. The molecule has 4 nitrogen and oxygen atoms in total. The number of rotatable bonds is 1. The molecule has 1 spiro atoms. The van der Waals surface area contributed by atoms with Crippen molar-refractivity contribution >= 4 is 11.8 Å². The quantitative estimate of drug-likeness (QED) is 0.733. The third-order valence-corrected chi connectivity index (χ3v) is 5.37. The number of piperidine rings is 2. The zero-order chi connectivity index (χ0) is 13.5. The van der Waals surface area contributed by atoms with Crippen LogP contribution in [0.4, 0.5) is 0 Å². The van der Waals surface area contributed by atoms with Gasteiger partial charge >= 0.3 is 0 Å². The number of nitrogens with one attached hydrogen (secondary N) is 1. The summed E-state index contributed by atoms with van der Waals surface area (Å²) in [5.41, 5.74) is 0.0238. The minimum absolute atomic E-state index is 0.0238. The number of carbonyl (C=O) groups excluding carboxylic acids is 2. The average Bonchev–Trinajstić information content (AvgIpc) is 2.78. The molecule has 106 valence electrons. The lowest BCUT2D eigenvalue weighted by Crippen LogP contribution is -2.58. The molecule has 2 atom stereocenters. The van der Waals surface area contributed by atoms with E-state index >= 15 is 0 Å². The number of imide groups is 1. The second kappa shape index (κ2) is 4.89. The minimum Gasteiger partial charge on any atom is -0.315 e. The number of hydrogen-bond donors (Lipinski definition) is 1. The van der Waals surface area contributed by atoms with Gasteiger partial charge in [0.15, 0.2) is 0 Å². The smallest absolute Gasteiger partial charge is 0.230 e. The first-order valence-electron chi connectivity index (χ1n) is 7.67. The fourth-order valence-corrected chi connectivity index (χ4v) is 4.18. The van der Waals surface area contributed by atoms with Crippen molar-refractivity contribution in [2.45, 2.75) is 57.9 Å². The fourth-order valence-electron chi connectivity index (χ4n) is 4.18. The molecule has 1 saturated carbocycles. The van der Waals surface area contributed by atoms with Crippen LogP contribution in [0.15, 0.2) is 0 Å². The number of carbonyl (C=O) groups is 2. The fraction of sp³-hybridized carbons (Fsp3) is 0.867. The molecule has 0 aromatic carbocycles. The first-order valence-corrected chi connectivity index (χ1v) is 7.67. The van der Waals surface area contributed by atoms with E-state index in [1.807, 2.05) is 0 Å². The van der Waals surface area contributed by atoms with Gasteiger partial charge in [0.2, 0.25) is 11.8 Å². The van der Waals surface area contributed by atoms with Crippen molar-refractivity contribution in [3.8, 4) is 0 Å². The van der Waals surface area contributed by atoms with Crippen LogP contribution < -0.4 is 5.32 Å². The number of likely N-dealkylation sites (tertiary alicyclic amines) is 1. The van der Waals surface area contributed by atoms with Crippen LogP contribution >= 0.6 is 0 Å². The minimum atomic E-state index is 0.0238. The maximum absolute atomic E-state index is 12.5. The summed E-state index contributed by atoms with van der Waals surface area (Å²) in [4.78, 5) is 26.6. The molecule has 19 heavy (non-hydrogen) atoms. The lowest BCUT2D eigenvalue weighted by atomic mass is 9.75.